The predicted molar refractivity (Wildman–Crippen MR) is 102 cm³/mol. The first-order chi connectivity index (χ1) is 12.4. The zero-order valence-corrected chi connectivity index (χ0v) is 16.9. The number of esters is 1. The second-order valence-electron chi connectivity index (χ2n) is 7.01. The van der Waals surface area contributed by atoms with Crippen molar-refractivity contribution < 1.29 is 17.9 Å². The lowest BCUT2D eigenvalue weighted by Gasteiger charge is -2.18. The second kappa shape index (κ2) is 7.09. The van der Waals surface area contributed by atoms with E-state index in [1.54, 1.807) is 17.7 Å². The molecule has 0 bridgehead atoms. The Bertz CT molecular complexity index is 954. The smallest absolute Gasteiger partial charge is 0.316 e. The minimum Gasteiger partial charge on any atom is -0.461 e. The van der Waals surface area contributed by atoms with E-state index in [1.165, 1.54) is 22.2 Å². The van der Waals surface area contributed by atoms with Crippen LogP contribution in [0.5, 0.6) is 0 Å². The molecule has 0 spiro atoms. The van der Waals surface area contributed by atoms with E-state index in [4.69, 9.17) is 4.74 Å². The maximum atomic E-state index is 12.1. The molecule has 9 heteroatoms. The Hall–Kier alpha value is -1.19. The Morgan fingerprint density at radius 3 is 3.00 bits per heavy atom. The number of hydrogen-bond donors (Lipinski definition) is 0. The molecule has 2 aromatic rings. The number of carbonyl (C=O) groups is 1. The van der Waals surface area contributed by atoms with Gasteiger partial charge >= 0.3 is 5.97 Å². The van der Waals surface area contributed by atoms with Crippen molar-refractivity contribution >= 4 is 49.1 Å². The Labute approximate surface area is 160 Å². The lowest BCUT2D eigenvalue weighted by atomic mass is 9.89. The van der Waals surface area contributed by atoms with Crippen molar-refractivity contribution in [3.8, 4) is 0 Å². The Kier molecular flexibility index (Phi) is 4.96. The van der Waals surface area contributed by atoms with Crippen LogP contribution in [0.1, 0.15) is 30.2 Å². The predicted octanol–water partition coefficient (Wildman–Crippen LogP) is 2.64. The van der Waals surface area contributed by atoms with E-state index in [2.05, 4.69) is 16.9 Å². The van der Waals surface area contributed by atoms with Crippen LogP contribution in [0.25, 0.3) is 10.2 Å². The summed E-state index contributed by atoms with van der Waals surface area (Å²) in [4.78, 5) is 23.3. The molecule has 0 saturated carbocycles. The molecular formula is C17H20N2O4S3. The van der Waals surface area contributed by atoms with E-state index in [0.717, 1.165) is 34.5 Å². The standard InChI is InChI=1S/C17H20N2O4S3/c1-10-2-3-12-13(6-10)25-17-15(12)16(18-9-19-17)24-7-14(20)23-11-4-5-26(21,22)8-11/h9-11H,2-8H2,1H3/t10-,11+/m0/s1. The van der Waals surface area contributed by atoms with Crippen LogP contribution < -0.4 is 0 Å². The van der Waals surface area contributed by atoms with Gasteiger partial charge in [-0.05, 0) is 37.2 Å². The summed E-state index contributed by atoms with van der Waals surface area (Å²) in [6.45, 7) is 2.27. The summed E-state index contributed by atoms with van der Waals surface area (Å²) >= 11 is 3.08. The Morgan fingerprint density at radius 1 is 1.38 bits per heavy atom. The topological polar surface area (TPSA) is 86.2 Å². The molecule has 4 rings (SSSR count). The lowest BCUT2D eigenvalue weighted by molar-refractivity contribution is -0.144. The number of hydrogen-bond acceptors (Lipinski definition) is 8. The largest absolute Gasteiger partial charge is 0.461 e. The molecule has 2 atom stereocenters. The highest BCUT2D eigenvalue weighted by Crippen LogP contribution is 2.40. The van der Waals surface area contributed by atoms with Crippen molar-refractivity contribution in [2.75, 3.05) is 17.3 Å². The summed E-state index contributed by atoms with van der Waals surface area (Å²) in [6.07, 6.45) is 4.71. The molecule has 1 saturated heterocycles. The molecule has 0 amide bonds. The van der Waals surface area contributed by atoms with Gasteiger partial charge in [-0.15, -0.1) is 11.3 Å². The van der Waals surface area contributed by atoms with Gasteiger partial charge in [0.05, 0.1) is 17.3 Å². The average Bonchev–Trinajstić information content (AvgIpc) is 3.11. The second-order valence-corrected chi connectivity index (χ2v) is 11.3. The number of nitrogens with zero attached hydrogens (tertiary/aromatic N) is 2. The highest BCUT2D eigenvalue weighted by atomic mass is 32.2. The summed E-state index contributed by atoms with van der Waals surface area (Å²) in [7, 11) is -3.05. The van der Waals surface area contributed by atoms with Crippen molar-refractivity contribution in [3.05, 3.63) is 16.8 Å². The molecule has 140 valence electrons. The molecule has 1 fully saturated rings. The summed E-state index contributed by atoms with van der Waals surface area (Å²) in [5, 5.41) is 1.90. The number of carbonyl (C=O) groups excluding carboxylic acids is 1. The summed E-state index contributed by atoms with van der Waals surface area (Å²) < 4.78 is 28.2. The van der Waals surface area contributed by atoms with Crippen LogP contribution in [0.4, 0.5) is 0 Å². The van der Waals surface area contributed by atoms with Crippen LogP contribution in [0.2, 0.25) is 0 Å². The van der Waals surface area contributed by atoms with Crippen molar-refractivity contribution in [1.29, 1.82) is 0 Å². The molecule has 2 aliphatic rings. The molecule has 0 radical (unpaired) electrons. The van der Waals surface area contributed by atoms with Gasteiger partial charge < -0.3 is 4.74 Å². The summed E-state index contributed by atoms with van der Waals surface area (Å²) in [5.41, 5.74) is 1.33. The van der Waals surface area contributed by atoms with E-state index >= 15 is 0 Å². The third-order valence-corrected chi connectivity index (χ3v) is 8.74. The number of ether oxygens (including phenoxy) is 1. The first kappa shape index (κ1) is 18.2. The van der Waals surface area contributed by atoms with Gasteiger partial charge in [0, 0.05) is 10.3 Å². The van der Waals surface area contributed by atoms with Gasteiger partial charge in [0.25, 0.3) is 0 Å². The summed E-state index contributed by atoms with van der Waals surface area (Å²) in [5.74, 6) is 0.476. The minimum atomic E-state index is -3.05. The number of aryl methyl sites for hydroxylation is 1. The molecule has 1 aliphatic carbocycles. The Balaban J connectivity index is 1.47. The first-order valence-corrected chi connectivity index (χ1v) is 12.3. The molecule has 6 nitrogen and oxygen atoms in total. The highest BCUT2D eigenvalue weighted by molar-refractivity contribution is 8.00. The van der Waals surface area contributed by atoms with Gasteiger partial charge in [0.1, 0.15) is 22.3 Å². The molecular weight excluding hydrogens is 392 g/mol. The van der Waals surface area contributed by atoms with Crippen LogP contribution in [0, 0.1) is 5.92 Å². The van der Waals surface area contributed by atoms with Crippen molar-refractivity contribution in [2.45, 2.75) is 43.7 Å². The van der Waals surface area contributed by atoms with E-state index in [0.29, 0.717) is 12.3 Å². The number of aromatic nitrogens is 2. The maximum Gasteiger partial charge on any atom is 0.316 e. The van der Waals surface area contributed by atoms with Gasteiger partial charge in [-0.1, -0.05) is 18.7 Å². The van der Waals surface area contributed by atoms with Gasteiger partial charge in [0.15, 0.2) is 9.84 Å². The molecule has 26 heavy (non-hydrogen) atoms. The van der Waals surface area contributed by atoms with Crippen LogP contribution in [-0.2, 0) is 32.2 Å². The number of fused-ring (bicyclic) bond motifs is 3. The normalized spacial score (nSPS) is 24.5. The van der Waals surface area contributed by atoms with Gasteiger partial charge in [-0.3, -0.25) is 4.79 Å². The highest BCUT2D eigenvalue weighted by Gasteiger charge is 2.31. The fourth-order valence-corrected chi connectivity index (χ4v) is 7.37. The summed E-state index contributed by atoms with van der Waals surface area (Å²) in [6, 6.07) is 0. The number of rotatable bonds is 4. The number of sulfone groups is 1. The third-order valence-electron chi connectivity index (χ3n) is 4.87. The van der Waals surface area contributed by atoms with Crippen molar-refractivity contribution in [1.82, 2.24) is 9.97 Å². The number of thiophene rings is 1. The van der Waals surface area contributed by atoms with Crippen LogP contribution in [0.3, 0.4) is 0 Å². The van der Waals surface area contributed by atoms with Gasteiger partial charge in [-0.25, -0.2) is 18.4 Å². The van der Waals surface area contributed by atoms with Crippen LogP contribution >= 0.6 is 23.1 Å². The van der Waals surface area contributed by atoms with Crippen molar-refractivity contribution in [2.24, 2.45) is 5.92 Å². The minimum absolute atomic E-state index is 0.0582. The molecule has 0 N–H and O–H groups in total. The van der Waals surface area contributed by atoms with Gasteiger partial charge in [-0.2, -0.15) is 0 Å². The van der Waals surface area contributed by atoms with Crippen molar-refractivity contribution in [3.63, 3.8) is 0 Å². The quantitative estimate of drug-likeness (QED) is 0.433. The van der Waals surface area contributed by atoms with E-state index in [1.807, 2.05) is 0 Å². The molecule has 1 aliphatic heterocycles. The molecule has 3 heterocycles. The van der Waals surface area contributed by atoms with E-state index in [9.17, 15) is 13.2 Å². The first-order valence-electron chi connectivity index (χ1n) is 8.69. The zero-order valence-electron chi connectivity index (χ0n) is 14.4. The monoisotopic (exact) mass is 412 g/mol. The molecule has 2 aromatic heterocycles. The maximum absolute atomic E-state index is 12.1. The molecule has 0 unspecified atom stereocenters. The van der Waals surface area contributed by atoms with Crippen LogP contribution in [0.15, 0.2) is 11.4 Å². The SMILES string of the molecule is C[C@H]1CCc2c(sc3ncnc(SCC(=O)O[C@@H]4CCS(=O)(=O)C4)c23)C1. The fraction of sp³-hybridized carbons (Fsp3) is 0.588. The van der Waals surface area contributed by atoms with Crippen LogP contribution in [-0.4, -0.2) is 47.7 Å². The lowest BCUT2D eigenvalue weighted by Crippen LogP contribution is -2.20. The number of thioether (sulfide) groups is 1. The molecule has 0 aromatic carbocycles. The third kappa shape index (κ3) is 3.75. The fourth-order valence-electron chi connectivity index (χ4n) is 3.56. The average molecular weight is 413 g/mol. The zero-order chi connectivity index (χ0) is 18.3. The van der Waals surface area contributed by atoms with Gasteiger partial charge in [0.2, 0.25) is 0 Å². The van der Waals surface area contributed by atoms with E-state index < -0.39 is 15.9 Å². The van der Waals surface area contributed by atoms with E-state index in [-0.39, 0.29) is 23.2 Å². The Morgan fingerprint density at radius 2 is 2.23 bits per heavy atom.